The lowest BCUT2D eigenvalue weighted by atomic mass is 10.1. The fraction of sp³-hybridized carbons (Fsp3) is 0.118. The number of benzene rings is 2. The molecule has 0 aliphatic rings. The molecule has 2 heteroatoms. The summed E-state index contributed by atoms with van der Waals surface area (Å²) in [5.74, 6) is 0. The molecule has 0 fully saturated rings. The van der Waals surface area contributed by atoms with Crippen LogP contribution in [0.1, 0.15) is 6.92 Å². The molecule has 3 aromatic rings. The average molecular weight is 265 g/mol. The van der Waals surface area contributed by atoms with E-state index in [9.17, 15) is 0 Å². The Labute approximate surface area is 118 Å². The van der Waals surface area contributed by atoms with E-state index in [0.29, 0.717) is 0 Å². The Morgan fingerprint density at radius 2 is 1.63 bits per heavy atom. The predicted octanol–water partition coefficient (Wildman–Crippen LogP) is 5.06. The first kappa shape index (κ1) is 12.1. The quantitative estimate of drug-likeness (QED) is 0.586. The third-order valence-electron chi connectivity index (χ3n) is 3.41. The van der Waals surface area contributed by atoms with E-state index in [2.05, 4.69) is 60.0 Å². The van der Waals surface area contributed by atoms with E-state index in [-0.39, 0.29) is 0 Å². The Morgan fingerprint density at radius 3 is 2.37 bits per heavy atom. The number of aromatic nitrogens is 1. The van der Waals surface area contributed by atoms with Crippen molar-refractivity contribution in [3.05, 3.63) is 65.3 Å². The fourth-order valence-corrected chi connectivity index (χ4v) is 2.87. The van der Waals surface area contributed by atoms with Crippen LogP contribution in [-0.2, 0) is 6.54 Å². The maximum atomic E-state index is 5.64. The highest BCUT2D eigenvalue weighted by atomic mass is 32.1. The first-order chi connectivity index (χ1) is 9.31. The Hall–Kier alpha value is -1.93. The first-order valence-electron chi connectivity index (χ1n) is 6.49. The molecule has 1 aromatic heterocycles. The van der Waals surface area contributed by atoms with Gasteiger partial charge in [0.05, 0.1) is 0 Å². The molecule has 0 aliphatic carbocycles. The summed E-state index contributed by atoms with van der Waals surface area (Å²) in [6, 6.07) is 21.0. The molecule has 0 radical (unpaired) electrons. The maximum absolute atomic E-state index is 5.64. The summed E-state index contributed by atoms with van der Waals surface area (Å²) in [6.45, 7) is 3.02. The van der Waals surface area contributed by atoms with Gasteiger partial charge in [0.15, 0.2) is 0 Å². The summed E-state index contributed by atoms with van der Waals surface area (Å²) in [5, 5.41) is 2.36. The van der Waals surface area contributed by atoms with Crippen LogP contribution in [0.3, 0.4) is 0 Å². The lowest BCUT2D eigenvalue weighted by Crippen LogP contribution is -2.02. The van der Waals surface area contributed by atoms with Gasteiger partial charge < -0.3 is 4.57 Å². The van der Waals surface area contributed by atoms with Crippen molar-refractivity contribution in [2.75, 3.05) is 0 Å². The lowest BCUT2D eigenvalue weighted by molar-refractivity contribution is 0.760. The molecule has 0 unspecified atom stereocenters. The minimum absolute atomic E-state index is 0.883. The lowest BCUT2D eigenvalue weighted by Gasteiger charge is -2.14. The van der Waals surface area contributed by atoms with Gasteiger partial charge >= 0.3 is 0 Å². The minimum atomic E-state index is 0.883. The van der Waals surface area contributed by atoms with Gasteiger partial charge in [-0.15, -0.1) is 0 Å². The van der Waals surface area contributed by atoms with Crippen molar-refractivity contribution >= 4 is 23.0 Å². The molecule has 1 nitrogen and oxygen atoms in total. The molecule has 1 heterocycles. The van der Waals surface area contributed by atoms with Gasteiger partial charge in [-0.2, -0.15) is 0 Å². The minimum Gasteiger partial charge on any atom is -0.332 e. The highest BCUT2D eigenvalue weighted by Crippen LogP contribution is 2.26. The zero-order valence-corrected chi connectivity index (χ0v) is 11.7. The van der Waals surface area contributed by atoms with Crippen LogP contribution in [0.4, 0.5) is 0 Å². The van der Waals surface area contributed by atoms with Gasteiger partial charge in [0.25, 0.3) is 0 Å². The summed E-state index contributed by atoms with van der Waals surface area (Å²) in [4.78, 5) is 0. The standard InChI is InChI=1S/C17H15NS/c1-2-18-16(13-8-4-3-5-9-13)12-14-10-6-7-11-15(14)17(18)19/h3-12H,2H2,1H3. The second-order valence-corrected chi connectivity index (χ2v) is 4.92. The molecule has 0 N–H and O–H groups in total. The molecule has 19 heavy (non-hydrogen) atoms. The molecule has 0 spiro atoms. The largest absolute Gasteiger partial charge is 0.332 e. The highest BCUT2D eigenvalue weighted by molar-refractivity contribution is 7.71. The molecule has 0 saturated heterocycles. The molecule has 2 aromatic carbocycles. The highest BCUT2D eigenvalue weighted by Gasteiger charge is 2.06. The van der Waals surface area contributed by atoms with E-state index in [4.69, 9.17) is 12.2 Å². The van der Waals surface area contributed by atoms with Gasteiger partial charge in [0, 0.05) is 17.6 Å². The van der Waals surface area contributed by atoms with E-state index in [1.54, 1.807) is 0 Å². The fourth-order valence-electron chi connectivity index (χ4n) is 2.46. The number of hydrogen-bond acceptors (Lipinski definition) is 1. The van der Waals surface area contributed by atoms with Crippen LogP contribution in [0.2, 0.25) is 0 Å². The topological polar surface area (TPSA) is 4.93 Å². The Kier molecular flexibility index (Phi) is 3.18. The second kappa shape index (κ2) is 4.98. The molecule has 0 atom stereocenters. The zero-order chi connectivity index (χ0) is 13.2. The van der Waals surface area contributed by atoms with Crippen LogP contribution in [0.15, 0.2) is 60.7 Å². The summed E-state index contributed by atoms with van der Waals surface area (Å²) in [6.07, 6.45) is 0. The van der Waals surface area contributed by atoms with Crippen LogP contribution < -0.4 is 0 Å². The van der Waals surface area contributed by atoms with Gasteiger partial charge in [0.2, 0.25) is 0 Å². The second-order valence-electron chi connectivity index (χ2n) is 4.53. The third kappa shape index (κ3) is 2.08. The molecule has 3 rings (SSSR count). The van der Waals surface area contributed by atoms with Crippen LogP contribution in [0.25, 0.3) is 22.0 Å². The van der Waals surface area contributed by atoms with Gasteiger partial charge in [-0.05, 0) is 23.9 Å². The molecular formula is C17H15NS. The number of rotatable bonds is 2. The first-order valence-corrected chi connectivity index (χ1v) is 6.90. The van der Waals surface area contributed by atoms with E-state index >= 15 is 0 Å². The van der Waals surface area contributed by atoms with Gasteiger partial charge in [-0.3, -0.25) is 0 Å². The smallest absolute Gasteiger partial charge is 0.114 e. The summed E-state index contributed by atoms with van der Waals surface area (Å²) < 4.78 is 3.12. The Morgan fingerprint density at radius 1 is 0.947 bits per heavy atom. The molecule has 94 valence electrons. The van der Waals surface area contributed by atoms with Crippen molar-refractivity contribution in [3.8, 4) is 11.3 Å². The molecule has 0 aliphatic heterocycles. The van der Waals surface area contributed by atoms with Crippen molar-refractivity contribution in [3.63, 3.8) is 0 Å². The van der Waals surface area contributed by atoms with E-state index in [1.165, 1.54) is 16.6 Å². The van der Waals surface area contributed by atoms with E-state index < -0.39 is 0 Å². The molecule has 0 amide bonds. The van der Waals surface area contributed by atoms with Crippen molar-refractivity contribution < 1.29 is 0 Å². The third-order valence-corrected chi connectivity index (χ3v) is 3.85. The predicted molar refractivity (Wildman–Crippen MR) is 83.9 cm³/mol. The Bertz CT molecular complexity index is 772. The monoisotopic (exact) mass is 265 g/mol. The number of fused-ring (bicyclic) bond motifs is 1. The summed E-state index contributed by atoms with van der Waals surface area (Å²) in [5.41, 5.74) is 2.40. The zero-order valence-electron chi connectivity index (χ0n) is 10.8. The van der Waals surface area contributed by atoms with Gasteiger partial charge in [0.1, 0.15) is 4.64 Å². The Balaban J connectivity index is 2.39. The van der Waals surface area contributed by atoms with Crippen molar-refractivity contribution in [2.45, 2.75) is 13.5 Å². The van der Waals surface area contributed by atoms with E-state index in [0.717, 1.165) is 16.6 Å². The van der Waals surface area contributed by atoms with Crippen molar-refractivity contribution in [1.29, 1.82) is 0 Å². The summed E-state index contributed by atoms with van der Waals surface area (Å²) >= 11 is 5.64. The maximum Gasteiger partial charge on any atom is 0.114 e. The van der Waals surface area contributed by atoms with Crippen molar-refractivity contribution in [1.82, 2.24) is 4.57 Å². The van der Waals surface area contributed by atoms with E-state index in [1.807, 2.05) is 12.1 Å². The molecular weight excluding hydrogens is 250 g/mol. The molecule has 0 saturated carbocycles. The van der Waals surface area contributed by atoms with Gasteiger partial charge in [-0.1, -0.05) is 66.8 Å². The van der Waals surface area contributed by atoms with Crippen LogP contribution >= 0.6 is 12.2 Å². The number of hydrogen-bond donors (Lipinski definition) is 0. The number of pyridine rings is 1. The number of nitrogens with zero attached hydrogens (tertiary/aromatic N) is 1. The van der Waals surface area contributed by atoms with Crippen LogP contribution in [0.5, 0.6) is 0 Å². The summed E-state index contributed by atoms with van der Waals surface area (Å²) in [7, 11) is 0. The van der Waals surface area contributed by atoms with Crippen LogP contribution in [-0.4, -0.2) is 4.57 Å². The van der Waals surface area contributed by atoms with Crippen molar-refractivity contribution in [2.24, 2.45) is 0 Å². The molecule has 0 bridgehead atoms. The average Bonchev–Trinajstić information content (AvgIpc) is 2.48. The SMILES string of the molecule is CCn1c(-c2ccccc2)cc2ccccc2c1=S. The normalized spacial score (nSPS) is 10.8. The van der Waals surface area contributed by atoms with Gasteiger partial charge in [-0.25, -0.2) is 0 Å². The van der Waals surface area contributed by atoms with Crippen LogP contribution in [0, 0.1) is 4.64 Å².